The first-order valence-electron chi connectivity index (χ1n) is 8.86. The lowest BCUT2D eigenvalue weighted by atomic mass is 10.0. The van der Waals surface area contributed by atoms with Gasteiger partial charge in [-0.05, 0) is 55.8 Å². The molecular formula is C22H18FN3OS. The van der Waals surface area contributed by atoms with Crippen LogP contribution in [0.5, 0.6) is 0 Å². The summed E-state index contributed by atoms with van der Waals surface area (Å²) in [5.41, 5.74) is 4.04. The fourth-order valence-corrected chi connectivity index (χ4v) is 4.07. The standard InChI is InChI=1S/C22H18FN3OS/c1-14-6-8-18(15(2)11-14)21(27)26(13-17-5-3-4-10-24-17)22-25-19-9-7-16(23)12-20(19)28-22/h3-12H,13H2,1-2H3. The fourth-order valence-electron chi connectivity index (χ4n) is 3.08. The van der Waals surface area contributed by atoms with E-state index in [2.05, 4.69) is 9.97 Å². The highest BCUT2D eigenvalue weighted by Gasteiger charge is 2.23. The Morgan fingerprint density at radius 2 is 1.96 bits per heavy atom. The van der Waals surface area contributed by atoms with Crippen molar-refractivity contribution >= 4 is 32.6 Å². The van der Waals surface area contributed by atoms with Crippen molar-refractivity contribution in [1.82, 2.24) is 9.97 Å². The summed E-state index contributed by atoms with van der Waals surface area (Å²) < 4.78 is 14.3. The Hall–Kier alpha value is -3.12. The van der Waals surface area contributed by atoms with Crippen molar-refractivity contribution in [2.24, 2.45) is 0 Å². The van der Waals surface area contributed by atoms with E-state index in [1.807, 2.05) is 50.2 Å². The lowest BCUT2D eigenvalue weighted by Gasteiger charge is -2.20. The van der Waals surface area contributed by atoms with Crippen LogP contribution in [0.1, 0.15) is 27.2 Å². The first kappa shape index (κ1) is 18.3. The monoisotopic (exact) mass is 391 g/mol. The Morgan fingerprint density at radius 3 is 2.71 bits per heavy atom. The highest BCUT2D eigenvalue weighted by molar-refractivity contribution is 7.22. The van der Waals surface area contributed by atoms with E-state index in [-0.39, 0.29) is 18.3 Å². The minimum atomic E-state index is -0.320. The summed E-state index contributed by atoms with van der Waals surface area (Å²) >= 11 is 1.30. The van der Waals surface area contributed by atoms with Gasteiger partial charge in [0.05, 0.1) is 22.5 Å². The van der Waals surface area contributed by atoms with Crippen LogP contribution in [0, 0.1) is 19.7 Å². The number of anilines is 1. The first-order chi connectivity index (χ1) is 13.5. The number of aromatic nitrogens is 2. The largest absolute Gasteiger partial charge is 0.278 e. The number of carbonyl (C=O) groups is 1. The molecule has 6 heteroatoms. The summed E-state index contributed by atoms with van der Waals surface area (Å²) in [6.45, 7) is 4.21. The van der Waals surface area contributed by atoms with Gasteiger partial charge in [0.15, 0.2) is 5.13 Å². The highest BCUT2D eigenvalue weighted by Crippen LogP contribution is 2.31. The van der Waals surface area contributed by atoms with Crippen molar-refractivity contribution in [3.8, 4) is 0 Å². The molecule has 2 heterocycles. The second-order valence-electron chi connectivity index (χ2n) is 6.64. The van der Waals surface area contributed by atoms with Crippen LogP contribution in [-0.4, -0.2) is 15.9 Å². The van der Waals surface area contributed by atoms with Crippen molar-refractivity contribution in [3.05, 3.63) is 89.0 Å². The van der Waals surface area contributed by atoms with E-state index in [0.29, 0.717) is 20.9 Å². The van der Waals surface area contributed by atoms with Gasteiger partial charge in [-0.25, -0.2) is 9.37 Å². The summed E-state index contributed by atoms with van der Waals surface area (Å²) in [6, 6.07) is 15.8. The Bertz CT molecular complexity index is 1160. The molecule has 2 aromatic heterocycles. The van der Waals surface area contributed by atoms with E-state index >= 15 is 0 Å². The van der Waals surface area contributed by atoms with E-state index in [0.717, 1.165) is 16.8 Å². The third-order valence-corrected chi connectivity index (χ3v) is 5.51. The average molecular weight is 391 g/mol. The third-order valence-electron chi connectivity index (χ3n) is 4.47. The molecule has 0 spiro atoms. The van der Waals surface area contributed by atoms with Crippen LogP contribution in [0.4, 0.5) is 9.52 Å². The maximum absolute atomic E-state index is 13.6. The van der Waals surface area contributed by atoms with E-state index in [1.54, 1.807) is 17.2 Å². The minimum Gasteiger partial charge on any atom is -0.278 e. The Morgan fingerprint density at radius 1 is 1.11 bits per heavy atom. The molecule has 4 nitrogen and oxygen atoms in total. The molecule has 0 atom stereocenters. The molecule has 0 saturated carbocycles. The summed E-state index contributed by atoms with van der Waals surface area (Å²) in [4.78, 5) is 24.0. The van der Waals surface area contributed by atoms with Crippen LogP contribution in [-0.2, 0) is 6.54 Å². The normalized spacial score (nSPS) is 11.0. The van der Waals surface area contributed by atoms with E-state index < -0.39 is 0 Å². The molecule has 0 unspecified atom stereocenters. The van der Waals surface area contributed by atoms with Gasteiger partial charge in [0, 0.05) is 11.8 Å². The zero-order chi connectivity index (χ0) is 19.7. The van der Waals surface area contributed by atoms with Gasteiger partial charge < -0.3 is 0 Å². The molecule has 0 aliphatic carbocycles. The predicted molar refractivity (Wildman–Crippen MR) is 110 cm³/mol. The van der Waals surface area contributed by atoms with Gasteiger partial charge in [0.25, 0.3) is 5.91 Å². The topological polar surface area (TPSA) is 46.1 Å². The number of benzene rings is 2. The maximum Gasteiger partial charge on any atom is 0.260 e. The molecule has 0 aliphatic heterocycles. The van der Waals surface area contributed by atoms with Gasteiger partial charge in [-0.2, -0.15) is 0 Å². The molecule has 1 amide bonds. The van der Waals surface area contributed by atoms with Gasteiger partial charge >= 0.3 is 0 Å². The molecule has 2 aromatic carbocycles. The Balaban J connectivity index is 1.79. The van der Waals surface area contributed by atoms with Gasteiger partial charge in [-0.1, -0.05) is 35.1 Å². The second-order valence-corrected chi connectivity index (χ2v) is 7.65. The smallest absolute Gasteiger partial charge is 0.260 e. The molecule has 0 bridgehead atoms. The summed E-state index contributed by atoms with van der Waals surface area (Å²) in [5.74, 6) is -0.470. The summed E-state index contributed by atoms with van der Waals surface area (Å²) in [6.07, 6.45) is 1.70. The zero-order valence-electron chi connectivity index (χ0n) is 15.5. The van der Waals surface area contributed by atoms with Crippen molar-refractivity contribution in [2.75, 3.05) is 4.90 Å². The maximum atomic E-state index is 13.6. The van der Waals surface area contributed by atoms with Crippen molar-refractivity contribution in [3.63, 3.8) is 0 Å². The molecule has 0 fully saturated rings. The fraction of sp³-hybridized carbons (Fsp3) is 0.136. The molecular weight excluding hydrogens is 373 g/mol. The number of aryl methyl sites for hydroxylation is 2. The number of hydrogen-bond acceptors (Lipinski definition) is 4. The van der Waals surface area contributed by atoms with Crippen LogP contribution in [0.2, 0.25) is 0 Å². The Labute approximate surface area is 166 Å². The van der Waals surface area contributed by atoms with Crippen LogP contribution in [0.15, 0.2) is 60.8 Å². The summed E-state index contributed by atoms with van der Waals surface area (Å²) in [5, 5.41) is 0.524. The summed E-state index contributed by atoms with van der Waals surface area (Å²) in [7, 11) is 0. The number of halogens is 1. The average Bonchev–Trinajstić information content (AvgIpc) is 3.09. The highest BCUT2D eigenvalue weighted by atomic mass is 32.1. The van der Waals surface area contributed by atoms with Gasteiger partial charge in [-0.15, -0.1) is 0 Å². The number of carbonyl (C=O) groups excluding carboxylic acids is 1. The van der Waals surface area contributed by atoms with Crippen LogP contribution in [0.3, 0.4) is 0 Å². The van der Waals surface area contributed by atoms with Crippen molar-refractivity contribution < 1.29 is 9.18 Å². The third kappa shape index (κ3) is 3.64. The number of amides is 1. The van der Waals surface area contributed by atoms with Crippen molar-refractivity contribution in [2.45, 2.75) is 20.4 Å². The van der Waals surface area contributed by atoms with Crippen molar-refractivity contribution in [1.29, 1.82) is 0 Å². The molecule has 0 saturated heterocycles. The van der Waals surface area contributed by atoms with Gasteiger partial charge in [-0.3, -0.25) is 14.7 Å². The molecule has 140 valence electrons. The number of rotatable bonds is 4. The number of fused-ring (bicyclic) bond motifs is 1. The van der Waals surface area contributed by atoms with Gasteiger partial charge in [0.1, 0.15) is 5.82 Å². The van der Waals surface area contributed by atoms with Crippen LogP contribution >= 0.6 is 11.3 Å². The Kier molecular flexibility index (Phi) is 4.88. The molecule has 4 aromatic rings. The van der Waals surface area contributed by atoms with E-state index in [9.17, 15) is 9.18 Å². The lowest BCUT2D eigenvalue weighted by Crippen LogP contribution is -2.31. The predicted octanol–water partition coefficient (Wildman–Crippen LogP) is 5.29. The number of nitrogens with zero attached hydrogens (tertiary/aromatic N) is 3. The van der Waals surface area contributed by atoms with E-state index in [4.69, 9.17) is 0 Å². The number of pyridine rings is 1. The molecule has 0 aliphatic rings. The second kappa shape index (κ2) is 7.48. The van der Waals surface area contributed by atoms with E-state index in [1.165, 1.54) is 23.5 Å². The molecule has 0 radical (unpaired) electrons. The SMILES string of the molecule is Cc1ccc(C(=O)N(Cc2ccccn2)c2nc3ccc(F)cc3s2)c(C)c1. The number of hydrogen-bond donors (Lipinski definition) is 0. The molecule has 0 N–H and O–H groups in total. The molecule has 4 rings (SSSR count). The quantitative estimate of drug-likeness (QED) is 0.475. The molecule has 28 heavy (non-hydrogen) atoms. The van der Waals surface area contributed by atoms with Crippen LogP contribution in [0.25, 0.3) is 10.2 Å². The number of thiazole rings is 1. The zero-order valence-corrected chi connectivity index (χ0v) is 16.3. The first-order valence-corrected chi connectivity index (χ1v) is 9.68. The minimum absolute atomic E-state index is 0.150. The van der Waals surface area contributed by atoms with Gasteiger partial charge in [0.2, 0.25) is 0 Å². The van der Waals surface area contributed by atoms with Crippen LogP contribution < -0.4 is 4.90 Å². The lowest BCUT2D eigenvalue weighted by molar-refractivity contribution is 0.0984.